The van der Waals surface area contributed by atoms with Gasteiger partial charge in [-0.1, -0.05) is 24.3 Å². The molecule has 5 nitrogen and oxygen atoms in total. The van der Waals surface area contributed by atoms with Crippen LogP contribution in [0.4, 0.5) is 0 Å². The van der Waals surface area contributed by atoms with Crippen LogP contribution in [0.25, 0.3) is 0 Å². The Bertz CT molecular complexity index is 584. The molecule has 1 saturated heterocycles. The molecule has 1 amide bonds. The van der Waals surface area contributed by atoms with Gasteiger partial charge in [-0.25, -0.2) is 0 Å². The number of amides is 1. The molecule has 2 fully saturated rings. The van der Waals surface area contributed by atoms with Gasteiger partial charge in [0.25, 0.3) is 0 Å². The van der Waals surface area contributed by atoms with Crippen LogP contribution in [-0.2, 0) is 22.6 Å². The maximum absolute atomic E-state index is 11.2. The quantitative estimate of drug-likeness (QED) is 0.819. The number of carbonyl (C=O) groups is 1. The van der Waals surface area contributed by atoms with Crippen molar-refractivity contribution in [2.75, 3.05) is 19.7 Å². The predicted octanol–water partition coefficient (Wildman–Crippen LogP) is 2.44. The minimum absolute atomic E-state index is 0.0906. The molecule has 1 aliphatic carbocycles. The average Bonchev–Trinajstić information content (AvgIpc) is 2.61. The molecule has 5 heteroatoms. The molecule has 3 rings (SSSR count). The van der Waals surface area contributed by atoms with Gasteiger partial charge in [0.05, 0.1) is 12.7 Å². The standard InChI is InChI=1S/C21H33N3O2/c1-16-14-24(10-11-26-16)15-19-5-3-4-18(12-19)13-22-20-6-8-21(9-7-20)23-17(2)25/h3-5,12,16,20-22H,6-11,13-15H2,1-2H3,(H,23,25). The molecule has 1 aliphatic heterocycles. The summed E-state index contributed by atoms with van der Waals surface area (Å²) in [6, 6.07) is 9.86. The lowest BCUT2D eigenvalue weighted by Crippen LogP contribution is -2.41. The van der Waals surface area contributed by atoms with Crippen LogP contribution in [0.1, 0.15) is 50.7 Å². The highest BCUT2D eigenvalue weighted by Crippen LogP contribution is 2.19. The molecule has 2 aliphatic rings. The second kappa shape index (κ2) is 9.49. The van der Waals surface area contributed by atoms with Crippen LogP contribution >= 0.6 is 0 Å². The molecule has 2 N–H and O–H groups in total. The van der Waals surface area contributed by atoms with Gasteiger partial charge in [0, 0.05) is 45.2 Å². The van der Waals surface area contributed by atoms with Crippen molar-refractivity contribution < 1.29 is 9.53 Å². The molecule has 1 unspecified atom stereocenters. The summed E-state index contributed by atoms with van der Waals surface area (Å²) in [4.78, 5) is 13.6. The third-order valence-corrected chi connectivity index (χ3v) is 5.45. The van der Waals surface area contributed by atoms with Gasteiger partial charge < -0.3 is 15.4 Å². The van der Waals surface area contributed by atoms with Crippen molar-refractivity contribution in [1.82, 2.24) is 15.5 Å². The zero-order valence-electron chi connectivity index (χ0n) is 16.2. The number of carbonyl (C=O) groups excluding carboxylic acids is 1. The molecule has 0 radical (unpaired) electrons. The molecule has 0 bridgehead atoms. The summed E-state index contributed by atoms with van der Waals surface area (Å²) in [5.41, 5.74) is 2.74. The summed E-state index contributed by atoms with van der Waals surface area (Å²) in [6.45, 7) is 8.54. The van der Waals surface area contributed by atoms with Gasteiger partial charge >= 0.3 is 0 Å². The van der Waals surface area contributed by atoms with E-state index in [0.29, 0.717) is 18.2 Å². The molecule has 1 aromatic rings. The first-order valence-corrected chi connectivity index (χ1v) is 10.0. The van der Waals surface area contributed by atoms with Crippen molar-refractivity contribution in [2.24, 2.45) is 0 Å². The molecule has 144 valence electrons. The molecular formula is C21H33N3O2. The summed E-state index contributed by atoms with van der Waals surface area (Å²) >= 11 is 0. The maximum atomic E-state index is 11.2. The number of nitrogens with one attached hydrogen (secondary N) is 2. The van der Waals surface area contributed by atoms with Gasteiger partial charge in [-0.05, 0) is 43.7 Å². The molecule has 1 atom stereocenters. The van der Waals surface area contributed by atoms with Crippen LogP contribution in [0.3, 0.4) is 0 Å². The topological polar surface area (TPSA) is 53.6 Å². The van der Waals surface area contributed by atoms with Crippen LogP contribution in [0, 0.1) is 0 Å². The first kappa shape index (κ1) is 19.3. The van der Waals surface area contributed by atoms with E-state index >= 15 is 0 Å². The van der Waals surface area contributed by atoms with Crippen LogP contribution in [0.15, 0.2) is 24.3 Å². The Hall–Kier alpha value is -1.43. The molecule has 1 aromatic carbocycles. The largest absolute Gasteiger partial charge is 0.376 e. The number of hydrogen-bond donors (Lipinski definition) is 2. The fraction of sp³-hybridized carbons (Fsp3) is 0.667. The Morgan fingerprint density at radius 1 is 1.19 bits per heavy atom. The van der Waals surface area contributed by atoms with E-state index < -0.39 is 0 Å². The lowest BCUT2D eigenvalue weighted by Gasteiger charge is -2.31. The maximum Gasteiger partial charge on any atom is 0.217 e. The second-order valence-electron chi connectivity index (χ2n) is 7.87. The average molecular weight is 360 g/mol. The van der Waals surface area contributed by atoms with E-state index in [9.17, 15) is 4.79 Å². The number of hydrogen-bond acceptors (Lipinski definition) is 4. The summed E-state index contributed by atoms with van der Waals surface area (Å²) < 4.78 is 5.63. The van der Waals surface area contributed by atoms with Crippen LogP contribution < -0.4 is 10.6 Å². The highest BCUT2D eigenvalue weighted by atomic mass is 16.5. The minimum Gasteiger partial charge on any atom is -0.376 e. The number of rotatable bonds is 6. The van der Waals surface area contributed by atoms with E-state index in [4.69, 9.17) is 4.74 Å². The van der Waals surface area contributed by atoms with E-state index in [-0.39, 0.29) is 5.91 Å². The molecule has 0 aromatic heterocycles. The van der Waals surface area contributed by atoms with Crippen molar-refractivity contribution >= 4 is 5.91 Å². The van der Waals surface area contributed by atoms with Gasteiger partial charge in [0.15, 0.2) is 0 Å². The molecular weight excluding hydrogens is 326 g/mol. The number of ether oxygens (including phenoxy) is 1. The van der Waals surface area contributed by atoms with Gasteiger partial charge in [0.2, 0.25) is 5.91 Å². The predicted molar refractivity (Wildman–Crippen MR) is 104 cm³/mol. The summed E-state index contributed by atoms with van der Waals surface area (Å²) in [5.74, 6) is 0.0906. The lowest BCUT2D eigenvalue weighted by atomic mass is 9.91. The van der Waals surface area contributed by atoms with E-state index in [1.807, 2.05) is 0 Å². The van der Waals surface area contributed by atoms with Crippen molar-refractivity contribution in [3.8, 4) is 0 Å². The Morgan fingerprint density at radius 2 is 1.92 bits per heavy atom. The number of morpholine rings is 1. The third-order valence-electron chi connectivity index (χ3n) is 5.45. The number of nitrogens with zero attached hydrogens (tertiary/aromatic N) is 1. The smallest absolute Gasteiger partial charge is 0.217 e. The third kappa shape index (κ3) is 6.08. The molecule has 1 saturated carbocycles. The molecule has 0 spiro atoms. The van der Waals surface area contributed by atoms with E-state index in [2.05, 4.69) is 46.7 Å². The van der Waals surface area contributed by atoms with Crippen LogP contribution in [0.5, 0.6) is 0 Å². The van der Waals surface area contributed by atoms with Gasteiger partial charge in [-0.2, -0.15) is 0 Å². The normalized spacial score (nSPS) is 27.2. The zero-order valence-corrected chi connectivity index (χ0v) is 16.2. The highest BCUT2D eigenvalue weighted by molar-refractivity contribution is 5.73. The van der Waals surface area contributed by atoms with Crippen molar-refractivity contribution in [3.63, 3.8) is 0 Å². The van der Waals surface area contributed by atoms with Crippen LogP contribution in [0.2, 0.25) is 0 Å². The monoisotopic (exact) mass is 359 g/mol. The Balaban J connectivity index is 1.43. The fourth-order valence-electron chi connectivity index (χ4n) is 4.12. The first-order valence-electron chi connectivity index (χ1n) is 10.0. The summed E-state index contributed by atoms with van der Waals surface area (Å²) in [7, 11) is 0. The Morgan fingerprint density at radius 3 is 2.65 bits per heavy atom. The van der Waals surface area contributed by atoms with Gasteiger partial charge in [-0.3, -0.25) is 9.69 Å². The van der Waals surface area contributed by atoms with E-state index in [1.54, 1.807) is 6.92 Å². The Labute approximate surface area is 157 Å². The SMILES string of the molecule is CC(=O)NC1CCC(NCc2cccc(CN3CCOC(C)C3)c2)CC1. The Kier molecular flexibility index (Phi) is 7.06. The van der Waals surface area contributed by atoms with Crippen molar-refractivity contribution in [3.05, 3.63) is 35.4 Å². The summed E-state index contributed by atoms with van der Waals surface area (Å²) in [6.07, 6.45) is 4.76. The fourth-order valence-corrected chi connectivity index (χ4v) is 4.12. The molecule has 1 heterocycles. The van der Waals surface area contributed by atoms with Crippen LogP contribution in [-0.4, -0.2) is 48.7 Å². The summed E-state index contributed by atoms with van der Waals surface area (Å²) in [5, 5.41) is 6.75. The van der Waals surface area contributed by atoms with Gasteiger partial charge in [0.1, 0.15) is 0 Å². The van der Waals surface area contributed by atoms with Gasteiger partial charge in [-0.15, -0.1) is 0 Å². The van der Waals surface area contributed by atoms with E-state index in [1.165, 1.54) is 11.1 Å². The zero-order chi connectivity index (χ0) is 18.4. The molecule has 26 heavy (non-hydrogen) atoms. The highest BCUT2D eigenvalue weighted by Gasteiger charge is 2.21. The minimum atomic E-state index is 0.0906. The van der Waals surface area contributed by atoms with E-state index in [0.717, 1.165) is 58.5 Å². The lowest BCUT2D eigenvalue weighted by molar-refractivity contribution is -0.119. The number of benzene rings is 1. The second-order valence-corrected chi connectivity index (χ2v) is 7.87. The first-order chi connectivity index (χ1) is 12.6. The van der Waals surface area contributed by atoms with Crippen molar-refractivity contribution in [1.29, 1.82) is 0 Å². The van der Waals surface area contributed by atoms with Crippen molar-refractivity contribution in [2.45, 2.75) is 70.8 Å².